The number of rotatable bonds is 7. The van der Waals surface area contributed by atoms with Gasteiger partial charge in [-0.2, -0.15) is 0 Å². The summed E-state index contributed by atoms with van der Waals surface area (Å²) in [4.78, 5) is 22.4. The molecule has 7 heteroatoms. The second kappa shape index (κ2) is 10.6. The molecular formula is C22H30N6O. The van der Waals surface area contributed by atoms with Gasteiger partial charge in [-0.05, 0) is 43.5 Å². The molecule has 7 nitrogen and oxygen atoms in total. The molecule has 0 aliphatic carbocycles. The van der Waals surface area contributed by atoms with Gasteiger partial charge in [0.15, 0.2) is 5.96 Å². The van der Waals surface area contributed by atoms with Crippen molar-refractivity contribution < 1.29 is 4.79 Å². The lowest BCUT2D eigenvalue weighted by Crippen LogP contribution is -2.49. The Hall–Kier alpha value is -2.93. The summed E-state index contributed by atoms with van der Waals surface area (Å²) < 4.78 is 0. The molecule has 0 unspecified atom stereocenters. The molecule has 0 bridgehead atoms. The van der Waals surface area contributed by atoms with Crippen LogP contribution in [0.25, 0.3) is 11.3 Å². The molecule has 1 aliphatic heterocycles. The van der Waals surface area contributed by atoms with E-state index in [2.05, 4.69) is 45.6 Å². The van der Waals surface area contributed by atoms with E-state index in [1.54, 1.807) is 0 Å². The van der Waals surface area contributed by atoms with Crippen molar-refractivity contribution in [1.29, 1.82) is 0 Å². The summed E-state index contributed by atoms with van der Waals surface area (Å²) >= 11 is 0. The van der Waals surface area contributed by atoms with Crippen molar-refractivity contribution in [2.75, 3.05) is 26.2 Å². The molecule has 0 radical (unpaired) electrons. The van der Waals surface area contributed by atoms with Crippen LogP contribution in [0.4, 0.5) is 0 Å². The minimum atomic E-state index is -0.265. The van der Waals surface area contributed by atoms with Gasteiger partial charge in [-0.3, -0.25) is 14.7 Å². The first-order chi connectivity index (χ1) is 14.1. The molecule has 2 aromatic rings. The molecule has 154 valence electrons. The van der Waals surface area contributed by atoms with Gasteiger partial charge in [0.2, 0.25) is 5.91 Å². The number of benzene rings is 1. The minimum Gasteiger partial charge on any atom is -0.369 e. The lowest BCUT2D eigenvalue weighted by atomic mass is 10.1. The zero-order valence-electron chi connectivity index (χ0n) is 17.0. The number of primary amides is 1. The highest BCUT2D eigenvalue weighted by atomic mass is 16.1. The number of piperidine rings is 1. The van der Waals surface area contributed by atoms with Crippen molar-refractivity contribution in [3.05, 3.63) is 54.2 Å². The summed E-state index contributed by atoms with van der Waals surface area (Å²) in [6.07, 6.45) is 3.74. The topological polar surface area (TPSA) is 95.6 Å². The van der Waals surface area contributed by atoms with Gasteiger partial charge in [0, 0.05) is 37.4 Å². The number of aromatic nitrogens is 1. The highest BCUT2D eigenvalue weighted by molar-refractivity contribution is 5.80. The zero-order chi connectivity index (χ0) is 20.5. The van der Waals surface area contributed by atoms with Gasteiger partial charge < -0.3 is 16.4 Å². The summed E-state index contributed by atoms with van der Waals surface area (Å²) in [5.74, 6) is 0.559. The number of nitrogens with two attached hydrogens (primary N) is 1. The molecule has 29 heavy (non-hydrogen) atoms. The number of carbonyl (C=O) groups is 1. The zero-order valence-corrected chi connectivity index (χ0v) is 17.0. The quantitative estimate of drug-likeness (QED) is 0.491. The van der Waals surface area contributed by atoms with Gasteiger partial charge in [0.05, 0.1) is 18.8 Å². The molecule has 4 N–H and O–H groups in total. The van der Waals surface area contributed by atoms with E-state index in [1.807, 2.05) is 30.5 Å². The van der Waals surface area contributed by atoms with Crippen LogP contribution in [0.2, 0.25) is 0 Å². The smallest absolute Gasteiger partial charge is 0.231 e. The van der Waals surface area contributed by atoms with Crippen molar-refractivity contribution >= 4 is 11.9 Å². The van der Waals surface area contributed by atoms with Gasteiger partial charge in [-0.1, -0.05) is 24.3 Å². The number of aliphatic imine (C=N–C) groups is 1. The Morgan fingerprint density at radius 3 is 2.76 bits per heavy atom. The fourth-order valence-corrected chi connectivity index (χ4v) is 3.50. The Bertz CT molecular complexity index is 815. The molecular weight excluding hydrogens is 364 g/mol. The van der Waals surface area contributed by atoms with Gasteiger partial charge >= 0.3 is 0 Å². The summed E-state index contributed by atoms with van der Waals surface area (Å²) in [6, 6.07) is 14.6. The first kappa shape index (κ1) is 20.8. The Morgan fingerprint density at radius 2 is 2.07 bits per heavy atom. The summed E-state index contributed by atoms with van der Waals surface area (Å²) in [7, 11) is 0. The number of hydrogen-bond acceptors (Lipinski definition) is 4. The molecule has 1 saturated heterocycles. The largest absolute Gasteiger partial charge is 0.369 e. The van der Waals surface area contributed by atoms with E-state index in [-0.39, 0.29) is 5.91 Å². The number of pyridine rings is 1. The highest BCUT2D eigenvalue weighted by Gasteiger charge is 2.20. The first-order valence-corrected chi connectivity index (χ1v) is 10.2. The van der Waals surface area contributed by atoms with Crippen molar-refractivity contribution in [1.82, 2.24) is 20.5 Å². The van der Waals surface area contributed by atoms with Crippen LogP contribution in [0.3, 0.4) is 0 Å². The lowest BCUT2D eigenvalue weighted by Gasteiger charge is -2.32. The molecule has 0 atom stereocenters. The van der Waals surface area contributed by atoms with Crippen molar-refractivity contribution in [3.63, 3.8) is 0 Å². The maximum absolute atomic E-state index is 11.1. The molecule has 0 saturated carbocycles. The van der Waals surface area contributed by atoms with E-state index in [9.17, 15) is 4.79 Å². The van der Waals surface area contributed by atoms with Crippen LogP contribution < -0.4 is 16.4 Å². The maximum Gasteiger partial charge on any atom is 0.231 e. The summed E-state index contributed by atoms with van der Waals surface area (Å²) in [6.45, 7) is 5.54. The Kier molecular flexibility index (Phi) is 7.58. The fraction of sp³-hybridized carbons (Fsp3) is 0.409. The van der Waals surface area contributed by atoms with Crippen molar-refractivity contribution in [3.8, 4) is 11.3 Å². The number of nitrogens with zero attached hydrogens (tertiary/aromatic N) is 3. The first-order valence-electron chi connectivity index (χ1n) is 10.2. The van der Waals surface area contributed by atoms with E-state index in [0.29, 0.717) is 19.1 Å². The average Bonchev–Trinajstić information content (AvgIpc) is 2.74. The monoisotopic (exact) mass is 394 g/mol. The van der Waals surface area contributed by atoms with Crippen LogP contribution >= 0.6 is 0 Å². The molecule has 1 amide bonds. The number of hydrogen-bond donors (Lipinski definition) is 3. The third kappa shape index (κ3) is 6.57. The Labute approximate surface area is 172 Å². The van der Waals surface area contributed by atoms with Crippen LogP contribution in [0.5, 0.6) is 0 Å². The SMILES string of the molecule is CCNC(=NCc1cccc(-c2ccccn2)c1)NC1CCN(CC(N)=O)CC1. The molecule has 3 rings (SSSR count). The molecule has 1 aromatic carbocycles. The van der Waals surface area contributed by atoms with E-state index < -0.39 is 0 Å². The highest BCUT2D eigenvalue weighted by Crippen LogP contribution is 2.18. The molecule has 2 heterocycles. The van der Waals surface area contributed by atoms with Crippen molar-refractivity contribution in [2.45, 2.75) is 32.4 Å². The van der Waals surface area contributed by atoms with Crippen LogP contribution in [-0.4, -0.2) is 54.0 Å². The number of nitrogens with one attached hydrogen (secondary N) is 2. The Balaban J connectivity index is 1.59. The number of carbonyl (C=O) groups excluding carboxylic acids is 1. The summed E-state index contributed by atoms with van der Waals surface area (Å²) in [5.41, 5.74) is 8.49. The maximum atomic E-state index is 11.1. The van der Waals surface area contributed by atoms with Gasteiger partial charge in [0.25, 0.3) is 0 Å². The standard InChI is InChI=1S/C22H30N6O/c1-2-24-22(27-19-9-12-28(13-10-19)16-21(23)29)26-15-17-6-5-7-18(14-17)20-8-3-4-11-25-20/h3-8,11,14,19H,2,9-10,12-13,15-16H2,1H3,(H2,23,29)(H2,24,26,27). The predicted molar refractivity (Wildman–Crippen MR) is 116 cm³/mol. The second-order valence-corrected chi connectivity index (χ2v) is 7.27. The van der Waals surface area contributed by atoms with Crippen LogP contribution in [-0.2, 0) is 11.3 Å². The average molecular weight is 395 g/mol. The molecule has 1 aliphatic rings. The third-order valence-electron chi connectivity index (χ3n) is 4.96. The summed E-state index contributed by atoms with van der Waals surface area (Å²) in [5, 5.41) is 6.86. The Morgan fingerprint density at radius 1 is 1.24 bits per heavy atom. The molecule has 1 aromatic heterocycles. The van der Waals surface area contributed by atoms with E-state index in [1.165, 1.54) is 0 Å². The molecule has 1 fully saturated rings. The van der Waals surface area contributed by atoms with E-state index in [0.717, 1.165) is 55.3 Å². The van der Waals surface area contributed by atoms with E-state index >= 15 is 0 Å². The van der Waals surface area contributed by atoms with Crippen LogP contribution in [0, 0.1) is 0 Å². The number of guanidine groups is 1. The second-order valence-electron chi connectivity index (χ2n) is 7.27. The van der Waals surface area contributed by atoms with E-state index in [4.69, 9.17) is 10.7 Å². The minimum absolute atomic E-state index is 0.265. The fourth-order valence-electron chi connectivity index (χ4n) is 3.50. The predicted octanol–water partition coefficient (Wildman–Crippen LogP) is 1.75. The number of likely N-dealkylation sites (tertiary alicyclic amines) is 1. The lowest BCUT2D eigenvalue weighted by molar-refractivity contribution is -0.119. The van der Waals surface area contributed by atoms with Crippen molar-refractivity contribution in [2.24, 2.45) is 10.7 Å². The molecule has 0 spiro atoms. The van der Waals surface area contributed by atoms with Gasteiger partial charge in [0.1, 0.15) is 0 Å². The third-order valence-corrected chi connectivity index (χ3v) is 4.96. The van der Waals surface area contributed by atoms with Gasteiger partial charge in [-0.15, -0.1) is 0 Å². The normalized spacial score (nSPS) is 15.8. The van der Waals surface area contributed by atoms with Crippen LogP contribution in [0.1, 0.15) is 25.3 Å². The van der Waals surface area contributed by atoms with Crippen LogP contribution in [0.15, 0.2) is 53.7 Å². The number of amides is 1. The van der Waals surface area contributed by atoms with Gasteiger partial charge in [-0.25, -0.2) is 4.99 Å².